The number of benzene rings is 5. The Morgan fingerprint density at radius 1 is 0.692 bits per heavy atom. The molecule has 3 aliphatic heterocycles. The van der Waals surface area contributed by atoms with Crippen molar-refractivity contribution < 1.29 is 14.6 Å². The van der Waals surface area contributed by atoms with Crippen molar-refractivity contribution in [3.63, 3.8) is 0 Å². The number of aliphatic hydroxyl groups is 1. The molecule has 5 aromatic carbocycles. The molecule has 39 heavy (non-hydrogen) atoms. The summed E-state index contributed by atoms with van der Waals surface area (Å²) < 4.78 is 12.0. The first-order chi connectivity index (χ1) is 19.1. The molecule has 0 fully saturated rings. The summed E-state index contributed by atoms with van der Waals surface area (Å²) in [6, 6.07) is 36.7. The van der Waals surface area contributed by atoms with Crippen LogP contribution in [-0.2, 0) is 16.8 Å². The SMILES string of the molecule is Cc1ccc2c(c1)C1(c3ccccc3Oc3ccccc31)c1cc(C)ccc1N2c1ccc2c(c1)C(O)OC2. The maximum atomic E-state index is 10.5. The quantitative estimate of drug-likeness (QED) is 0.243. The van der Waals surface area contributed by atoms with E-state index >= 15 is 0 Å². The molecule has 1 N–H and O–H groups in total. The van der Waals surface area contributed by atoms with E-state index in [1.54, 1.807) is 0 Å². The Morgan fingerprint density at radius 3 is 1.90 bits per heavy atom. The lowest BCUT2D eigenvalue weighted by molar-refractivity contribution is -0.0918. The van der Waals surface area contributed by atoms with E-state index in [0.29, 0.717) is 6.61 Å². The van der Waals surface area contributed by atoms with Crippen molar-refractivity contribution in [2.24, 2.45) is 0 Å². The van der Waals surface area contributed by atoms with Gasteiger partial charge >= 0.3 is 0 Å². The van der Waals surface area contributed by atoms with Gasteiger partial charge in [-0.05, 0) is 66.9 Å². The second-order valence-electron chi connectivity index (χ2n) is 10.8. The Hall–Kier alpha value is -4.38. The summed E-state index contributed by atoms with van der Waals surface area (Å²) in [5.41, 5.74) is 11.6. The van der Waals surface area contributed by atoms with E-state index in [-0.39, 0.29) is 0 Å². The van der Waals surface area contributed by atoms with Gasteiger partial charge in [0.05, 0.1) is 23.4 Å². The fraction of sp³-hybridized carbons (Fsp3) is 0.143. The van der Waals surface area contributed by atoms with E-state index in [2.05, 4.69) is 110 Å². The Kier molecular flexibility index (Phi) is 4.67. The highest BCUT2D eigenvalue weighted by Crippen LogP contribution is 2.63. The third-order valence-electron chi connectivity index (χ3n) is 8.45. The molecule has 0 amide bonds. The first-order valence-corrected chi connectivity index (χ1v) is 13.4. The highest BCUT2D eigenvalue weighted by atomic mass is 16.6. The van der Waals surface area contributed by atoms with E-state index < -0.39 is 11.7 Å². The molecule has 8 rings (SSSR count). The normalized spacial score (nSPS) is 17.5. The van der Waals surface area contributed by atoms with Crippen LogP contribution in [0.2, 0.25) is 0 Å². The number of fused-ring (bicyclic) bond motifs is 9. The number of aliphatic hydroxyl groups excluding tert-OH is 1. The fourth-order valence-corrected chi connectivity index (χ4v) is 6.76. The van der Waals surface area contributed by atoms with Crippen LogP contribution in [0.15, 0.2) is 103 Å². The summed E-state index contributed by atoms with van der Waals surface area (Å²) in [5, 5.41) is 10.5. The van der Waals surface area contributed by atoms with E-state index in [1.807, 2.05) is 12.1 Å². The van der Waals surface area contributed by atoms with Crippen molar-refractivity contribution in [2.75, 3.05) is 4.90 Å². The van der Waals surface area contributed by atoms with Crippen LogP contribution in [0.3, 0.4) is 0 Å². The molecule has 0 saturated heterocycles. The zero-order chi connectivity index (χ0) is 26.3. The first kappa shape index (κ1) is 22.6. The summed E-state index contributed by atoms with van der Waals surface area (Å²) >= 11 is 0. The number of para-hydroxylation sites is 2. The smallest absolute Gasteiger partial charge is 0.182 e. The van der Waals surface area contributed by atoms with Crippen LogP contribution in [0.4, 0.5) is 17.1 Å². The van der Waals surface area contributed by atoms with Gasteiger partial charge in [0, 0.05) is 22.4 Å². The van der Waals surface area contributed by atoms with Crippen molar-refractivity contribution >= 4 is 17.1 Å². The Morgan fingerprint density at radius 2 is 1.28 bits per heavy atom. The van der Waals surface area contributed by atoms with Gasteiger partial charge in [0.2, 0.25) is 0 Å². The minimum Gasteiger partial charge on any atom is -0.457 e. The molecule has 0 aliphatic carbocycles. The fourth-order valence-electron chi connectivity index (χ4n) is 6.76. The molecule has 0 bridgehead atoms. The minimum absolute atomic E-state index is 0.430. The average molecular weight is 510 g/mol. The number of ether oxygens (including phenoxy) is 2. The van der Waals surface area contributed by atoms with Crippen LogP contribution in [-0.4, -0.2) is 5.11 Å². The second kappa shape index (κ2) is 8.06. The van der Waals surface area contributed by atoms with Crippen LogP contribution >= 0.6 is 0 Å². The van der Waals surface area contributed by atoms with E-state index in [4.69, 9.17) is 9.47 Å². The van der Waals surface area contributed by atoms with Gasteiger partial charge < -0.3 is 19.5 Å². The van der Waals surface area contributed by atoms with Gasteiger partial charge in [-0.15, -0.1) is 0 Å². The summed E-state index contributed by atoms with van der Waals surface area (Å²) in [7, 11) is 0. The highest BCUT2D eigenvalue weighted by molar-refractivity contribution is 5.91. The summed E-state index contributed by atoms with van der Waals surface area (Å²) in [5.74, 6) is 1.75. The molecule has 0 aromatic heterocycles. The van der Waals surface area contributed by atoms with Crippen LogP contribution in [0.1, 0.15) is 50.8 Å². The average Bonchev–Trinajstić information content (AvgIpc) is 3.33. The first-order valence-electron chi connectivity index (χ1n) is 13.4. The lowest BCUT2D eigenvalue weighted by atomic mass is 9.61. The standard InChI is InChI=1S/C35H27NO3/c1-21-11-15-30-28(17-21)35(26-7-3-5-9-32(26)39-33-10-6-4-8-27(33)35)29-18-22(2)12-16-31(29)36(30)24-14-13-23-20-38-34(37)25(23)19-24/h3-19,34,37H,20H2,1-2H3. The molecule has 3 aliphatic rings. The predicted octanol–water partition coefficient (Wildman–Crippen LogP) is 8.10. The number of hydrogen-bond donors (Lipinski definition) is 1. The second-order valence-corrected chi connectivity index (χ2v) is 10.8. The lowest BCUT2D eigenvalue weighted by Crippen LogP contribution is -2.40. The molecule has 4 heteroatoms. The molecule has 1 spiro atoms. The maximum absolute atomic E-state index is 10.5. The predicted molar refractivity (Wildman–Crippen MR) is 152 cm³/mol. The molecular weight excluding hydrogens is 482 g/mol. The lowest BCUT2D eigenvalue weighted by Gasteiger charge is -2.49. The molecule has 3 heterocycles. The number of anilines is 3. The zero-order valence-electron chi connectivity index (χ0n) is 21.8. The monoisotopic (exact) mass is 509 g/mol. The summed E-state index contributed by atoms with van der Waals surface area (Å²) in [6.45, 7) is 4.74. The van der Waals surface area contributed by atoms with Gasteiger partial charge in [-0.1, -0.05) is 77.9 Å². The van der Waals surface area contributed by atoms with E-state index in [1.165, 1.54) is 22.3 Å². The van der Waals surface area contributed by atoms with Crippen LogP contribution in [0, 0.1) is 13.8 Å². The molecule has 0 saturated carbocycles. The number of hydrogen-bond acceptors (Lipinski definition) is 4. The van der Waals surface area contributed by atoms with Gasteiger partial charge in [-0.3, -0.25) is 0 Å². The summed E-state index contributed by atoms with van der Waals surface area (Å²) in [4.78, 5) is 2.33. The molecule has 0 radical (unpaired) electrons. The third-order valence-corrected chi connectivity index (χ3v) is 8.45. The topological polar surface area (TPSA) is 41.9 Å². The third kappa shape index (κ3) is 3.01. The number of nitrogens with zero attached hydrogens (tertiary/aromatic N) is 1. The Labute approximate surface area is 227 Å². The van der Waals surface area contributed by atoms with Gasteiger partial charge in [-0.2, -0.15) is 0 Å². The molecule has 1 atom stereocenters. The molecule has 190 valence electrons. The number of aryl methyl sites for hydroxylation is 2. The van der Waals surface area contributed by atoms with Crippen LogP contribution in [0.25, 0.3) is 0 Å². The van der Waals surface area contributed by atoms with Crippen molar-refractivity contribution in [1.82, 2.24) is 0 Å². The Bertz CT molecular complexity index is 1710. The van der Waals surface area contributed by atoms with Crippen molar-refractivity contribution in [1.29, 1.82) is 0 Å². The maximum Gasteiger partial charge on any atom is 0.182 e. The summed E-state index contributed by atoms with van der Waals surface area (Å²) in [6.07, 6.45) is -0.902. The molecule has 5 aromatic rings. The van der Waals surface area contributed by atoms with Crippen molar-refractivity contribution in [3.8, 4) is 11.5 Å². The van der Waals surface area contributed by atoms with Crippen molar-refractivity contribution in [2.45, 2.75) is 32.2 Å². The number of rotatable bonds is 1. The van der Waals surface area contributed by atoms with Gasteiger partial charge in [0.15, 0.2) is 6.29 Å². The van der Waals surface area contributed by atoms with E-state index in [9.17, 15) is 5.11 Å². The molecule has 1 unspecified atom stereocenters. The molecular formula is C35H27NO3. The van der Waals surface area contributed by atoms with Gasteiger partial charge in [0.1, 0.15) is 11.5 Å². The van der Waals surface area contributed by atoms with E-state index in [0.717, 1.165) is 50.8 Å². The van der Waals surface area contributed by atoms with Crippen LogP contribution in [0.5, 0.6) is 11.5 Å². The molecule has 4 nitrogen and oxygen atoms in total. The van der Waals surface area contributed by atoms with Crippen molar-refractivity contribution in [3.05, 3.63) is 148 Å². The highest BCUT2D eigenvalue weighted by Gasteiger charge is 2.51. The zero-order valence-corrected chi connectivity index (χ0v) is 21.8. The van der Waals surface area contributed by atoms with Crippen LogP contribution < -0.4 is 9.64 Å². The largest absolute Gasteiger partial charge is 0.457 e. The van der Waals surface area contributed by atoms with Gasteiger partial charge in [0.25, 0.3) is 0 Å². The van der Waals surface area contributed by atoms with Gasteiger partial charge in [-0.25, -0.2) is 0 Å². The Balaban J connectivity index is 1.52. The minimum atomic E-state index is -0.902.